The molecule has 0 aliphatic carbocycles. The SMILES string of the molecule is Cc1cc(C)c(C(=O)CC(N)C(=O)O)cc1C. The van der Waals surface area contributed by atoms with Gasteiger partial charge in [0, 0.05) is 12.0 Å². The Hall–Kier alpha value is -1.68. The van der Waals surface area contributed by atoms with Crippen LogP contribution in [0.1, 0.15) is 33.5 Å². The highest BCUT2D eigenvalue weighted by Crippen LogP contribution is 2.17. The molecule has 0 aliphatic heterocycles. The van der Waals surface area contributed by atoms with Gasteiger partial charge in [-0.1, -0.05) is 6.07 Å². The number of benzene rings is 1. The van der Waals surface area contributed by atoms with Crippen molar-refractivity contribution in [2.75, 3.05) is 0 Å². The molecule has 1 aromatic carbocycles. The van der Waals surface area contributed by atoms with E-state index < -0.39 is 12.0 Å². The number of carbonyl (C=O) groups excluding carboxylic acids is 1. The summed E-state index contributed by atoms with van der Waals surface area (Å²) in [6, 6.07) is 2.58. The third-order valence-electron chi connectivity index (χ3n) is 2.86. The fourth-order valence-electron chi connectivity index (χ4n) is 1.66. The summed E-state index contributed by atoms with van der Waals surface area (Å²) >= 11 is 0. The Balaban J connectivity index is 2.97. The maximum atomic E-state index is 11.9. The molecule has 4 heteroatoms. The molecule has 0 aromatic heterocycles. The van der Waals surface area contributed by atoms with Crippen LogP contribution < -0.4 is 5.73 Å². The molecule has 0 fully saturated rings. The first kappa shape index (κ1) is 13.4. The van der Waals surface area contributed by atoms with Gasteiger partial charge in [-0.05, 0) is 43.5 Å². The lowest BCUT2D eigenvalue weighted by molar-refractivity contribution is -0.138. The van der Waals surface area contributed by atoms with Crippen LogP contribution in [0.4, 0.5) is 0 Å². The van der Waals surface area contributed by atoms with Gasteiger partial charge in [0.25, 0.3) is 0 Å². The zero-order valence-corrected chi connectivity index (χ0v) is 10.3. The molecular formula is C13H17NO3. The third kappa shape index (κ3) is 3.14. The molecule has 4 nitrogen and oxygen atoms in total. The maximum Gasteiger partial charge on any atom is 0.320 e. The van der Waals surface area contributed by atoms with Crippen molar-refractivity contribution in [1.29, 1.82) is 0 Å². The van der Waals surface area contributed by atoms with E-state index in [1.807, 2.05) is 26.8 Å². The Morgan fingerprint density at radius 3 is 2.24 bits per heavy atom. The summed E-state index contributed by atoms with van der Waals surface area (Å²) in [4.78, 5) is 22.5. The highest BCUT2D eigenvalue weighted by atomic mass is 16.4. The Morgan fingerprint density at radius 2 is 1.71 bits per heavy atom. The first-order chi connectivity index (χ1) is 7.82. The molecule has 0 heterocycles. The molecule has 1 unspecified atom stereocenters. The number of carboxylic acid groups (broad SMARTS) is 1. The average molecular weight is 235 g/mol. The van der Waals surface area contributed by atoms with Crippen LogP contribution in [0.3, 0.4) is 0 Å². The van der Waals surface area contributed by atoms with Crippen molar-refractivity contribution in [2.24, 2.45) is 5.73 Å². The summed E-state index contributed by atoms with van der Waals surface area (Å²) in [5.41, 5.74) is 8.90. The Kier molecular flexibility index (Phi) is 4.02. The normalized spacial score (nSPS) is 12.2. The lowest BCUT2D eigenvalue weighted by Gasteiger charge is -2.10. The summed E-state index contributed by atoms with van der Waals surface area (Å²) in [7, 11) is 0. The second-order valence-electron chi connectivity index (χ2n) is 4.32. The summed E-state index contributed by atoms with van der Waals surface area (Å²) in [5, 5.41) is 8.67. The van der Waals surface area contributed by atoms with E-state index in [9.17, 15) is 9.59 Å². The topological polar surface area (TPSA) is 80.4 Å². The Morgan fingerprint density at radius 1 is 1.18 bits per heavy atom. The number of hydrogen-bond acceptors (Lipinski definition) is 3. The number of carbonyl (C=O) groups is 2. The van der Waals surface area contributed by atoms with Gasteiger partial charge in [0.15, 0.2) is 5.78 Å². The predicted molar refractivity (Wildman–Crippen MR) is 65.2 cm³/mol. The number of aryl methyl sites for hydroxylation is 3. The standard InChI is InChI=1S/C13H17NO3/c1-7-4-9(3)10(5-8(7)2)12(15)6-11(14)13(16)17/h4-5,11H,6,14H2,1-3H3,(H,16,17). The van der Waals surface area contributed by atoms with Crippen molar-refractivity contribution in [3.8, 4) is 0 Å². The van der Waals surface area contributed by atoms with Crippen molar-refractivity contribution < 1.29 is 14.7 Å². The zero-order chi connectivity index (χ0) is 13.2. The molecule has 0 saturated heterocycles. The fourth-order valence-corrected chi connectivity index (χ4v) is 1.66. The number of aliphatic carboxylic acids is 1. The largest absolute Gasteiger partial charge is 0.480 e. The van der Waals surface area contributed by atoms with Crippen molar-refractivity contribution in [3.05, 3.63) is 34.4 Å². The smallest absolute Gasteiger partial charge is 0.320 e. The van der Waals surface area contributed by atoms with Crippen LogP contribution in [0, 0.1) is 20.8 Å². The number of nitrogens with two attached hydrogens (primary N) is 1. The molecule has 0 aliphatic rings. The minimum Gasteiger partial charge on any atom is -0.480 e. The van der Waals surface area contributed by atoms with E-state index in [0.29, 0.717) is 5.56 Å². The molecule has 1 atom stereocenters. The van der Waals surface area contributed by atoms with E-state index in [4.69, 9.17) is 10.8 Å². The van der Waals surface area contributed by atoms with Crippen LogP contribution in [-0.4, -0.2) is 22.9 Å². The average Bonchev–Trinajstić information content (AvgIpc) is 2.22. The maximum absolute atomic E-state index is 11.9. The van der Waals surface area contributed by atoms with Gasteiger partial charge in [0.2, 0.25) is 0 Å². The minimum absolute atomic E-state index is 0.168. The van der Waals surface area contributed by atoms with Crippen molar-refractivity contribution in [2.45, 2.75) is 33.2 Å². The predicted octanol–water partition coefficient (Wildman–Crippen LogP) is 1.60. The molecular weight excluding hydrogens is 218 g/mol. The van der Waals surface area contributed by atoms with E-state index in [2.05, 4.69) is 0 Å². The van der Waals surface area contributed by atoms with Crippen LogP contribution in [0.5, 0.6) is 0 Å². The van der Waals surface area contributed by atoms with Gasteiger partial charge in [-0.3, -0.25) is 9.59 Å². The molecule has 0 radical (unpaired) electrons. The Labute approximate surface area is 100 Å². The summed E-state index contributed by atoms with van der Waals surface area (Å²) in [6.07, 6.45) is -0.168. The second-order valence-corrected chi connectivity index (χ2v) is 4.32. The molecule has 92 valence electrons. The van der Waals surface area contributed by atoms with E-state index >= 15 is 0 Å². The number of ketones is 1. The van der Waals surface area contributed by atoms with Crippen molar-refractivity contribution in [3.63, 3.8) is 0 Å². The number of carboxylic acids is 1. The first-order valence-corrected chi connectivity index (χ1v) is 5.42. The highest BCUT2D eigenvalue weighted by molar-refractivity contribution is 6.00. The molecule has 17 heavy (non-hydrogen) atoms. The van der Waals surface area contributed by atoms with Gasteiger partial charge >= 0.3 is 5.97 Å². The van der Waals surface area contributed by atoms with Gasteiger partial charge in [0.05, 0.1) is 0 Å². The third-order valence-corrected chi connectivity index (χ3v) is 2.86. The molecule has 1 rings (SSSR count). The van der Waals surface area contributed by atoms with Crippen LogP contribution in [0.15, 0.2) is 12.1 Å². The molecule has 1 aromatic rings. The highest BCUT2D eigenvalue weighted by Gasteiger charge is 2.19. The molecule has 0 saturated carbocycles. The van der Waals surface area contributed by atoms with Crippen molar-refractivity contribution >= 4 is 11.8 Å². The van der Waals surface area contributed by atoms with Crippen LogP contribution >= 0.6 is 0 Å². The first-order valence-electron chi connectivity index (χ1n) is 5.42. The number of Topliss-reactive ketones (excluding diaryl/α,β-unsaturated/α-hetero) is 1. The molecule has 0 bridgehead atoms. The van der Waals surface area contributed by atoms with Gasteiger partial charge in [-0.15, -0.1) is 0 Å². The van der Waals surface area contributed by atoms with E-state index in [-0.39, 0.29) is 12.2 Å². The monoisotopic (exact) mass is 235 g/mol. The summed E-state index contributed by atoms with van der Waals surface area (Å²) in [5.74, 6) is -1.37. The van der Waals surface area contributed by atoms with E-state index in [0.717, 1.165) is 16.7 Å². The van der Waals surface area contributed by atoms with Gasteiger partial charge in [0.1, 0.15) is 6.04 Å². The molecule has 0 amide bonds. The van der Waals surface area contributed by atoms with Gasteiger partial charge in [-0.2, -0.15) is 0 Å². The Bertz CT molecular complexity index is 466. The zero-order valence-electron chi connectivity index (χ0n) is 10.3. The van der Waals surface area contributed by atoms with Crippen molar-refractivity contribution in [1.82, 2.24) is 0 Å². The summed E-state index contributed by atoms with van der Waals surface area (Å²) < 4.78 is 0. The molecule has 0 spiro atoms. The van der Waals surface area contributed by atoms with Crippen LogP contribution in [0.2, 0.25) is 0 Å². The van der Waals surface area contributed by atoms with Crippen LogP contribution in [0.25, 0.3) is 0 Å². The lowest BCUT2D eigenvalue weighted by atomic mass is 9.95. The van der Waals surface area contributed by atoms with Gasteiger partial charge in [-0.25, -0.2) is 0 Å². The summed E-state index contributed by atoms with van der Waals surface area (Å²) in [6.45, 7) is 5.73. The quantitative estimate of drug-likeness (QED) is 0.777. The molecule has 3 N–H and O–H groups in total. The lowest BCUT2D eigenvalue weighted by Crippen LogP contribution is -2.32. The van der Waals surface area contributed by atoms with Crippen LogP contribution in [-0.2, 0) is 4.79 Å². The number of rotatable bonds is 4. The fraction of sp³-hybridized carbons (Fsp3) is 0.385. The minimum atomic E-state index is -1.15. The second kappa shape index (κ2) is 5.10. The number of hydrogen-bond donors (Lipinski definition) is 2. The van der Waals surface area contributed by atoms with E-state index in [1.165, 1.54) is 0 Å². The van der Waals surface area contributed by atoms with Gasteiger partial charge < -0.3 is 10.8 Å². The van der Waals surface area contributed by atoms with E-state index in [1.54, 1.807) is 6.07 Å².